The highest BCUT2D eigenvalue weighted by atomic mass is 32.2. The van der Waals surface area contributed by atoms with Gasteiger partial charge in [-0.05, 0) is 50.6 Å². The summed E-state index contributed by atoms with van der Waals surface area (Å²) in [5.41, 5.74) is 1.65. The van der Waals surface area contributed by atoms with Gasteiger partial charge in [0.05, 0.1) is 15.5 Å². The molecular formula is C19H22N6O4S. The van der Waals surface area contributed by atoms with Crippen molar-refractivity contribution in [2.45, 2.75) is 37.8 Å². The first kappa shape index (κ1) is 21.4. The molecule has 1 heterocycles. The van der Waals surface area contributed by atoms with Crippen molar-refractivity contribution in [2.24, 2.45) is 0 Å². The molecule has 0 bridgehead atoms. The highest BCUT2D eigenvalue weighted by Gasteiger charge is 2.23. The van der Waals surface area contributed by atoms with Gasteiger partial charge in [0, 0.05) is 18.2 Å². The molecule has 0 fully saturated rings. The number of benzene rings is 2. The Kier molecular flexibility index (Phi) is 6.13. The lowest BCUT2D eigenvalue weighted by Crippen LogP contribution is -2.30. The molecule has 0 aliphatic carbocycles. The molecule has 1 unspecified atom stereocenters. The van der Waals surface area contributed by atoms with Gasteiger partial charge in [-0.1, -0.05) is 12.1 Å². The molecule has 0 aliphatic heterocycles. The molecule has 11 heteroatoms. The van der Waals surface area contributed by atoms with Crippen LogP contribution in [0.1, 0.15) is 32.4 Å². The third-order valence-electron chi connectivity index (χ3n) is 4.32. The molecule has 158 valence electrons. The van der Waals surface area contributed by atoms with Gasteiger partial charge in [-0.3, -0.25) is 10.1 Å². The van der Waals surface area contributed by atoms with Gasteiger partial charge in [-0.15, -0.1) is 0 Å². The number of nitrogens with zero attached hydrogens (tertiary/aromatic N) is 4. The molecule has 0 saturated heterocycles. The Morgan fingerprint density at radius 2 is 1.80 bits per heavy atom. The monoisotopic (exact) mass is 430 g/mol. The fourth-order valence-corrected chi connectivity index (χ4v) is 4.17. The van der Waals surface area contributed by atoms with Crippen LogP contribution in [0.3, 0.4) is 0 Å². The van der Waals surface area contributed by atoms with Crippen LogP contribution in [0.25, 0.3) is 5.69 Å². The molecule has 0 spiro atoms. The SMILES string of the molecule is CC(C)NS(=O)(=O)c1ccc(NC(C)c2ccc(-n3cncn3)cc2)c([N+](=O)[O-])c1. The lowest BCUT2D eigenvalue weighted by Gasteiger charge is -2.17. The Bertz CT molecular complexity index is 1130. The first-order valence-electron chi connectivity index (χ1n) is 9.19. The Labute approximate surface area is 174 Å². The van der Waals surface area contributed by atoms with Crippen molar-refractivity contribution in [3.63, 3.8) is 0 Å². The van der Waals surface area contributed by atoms with Crippen LogP contribution in [0, 0.1) is 10.1 Å². The second-order valence-corrected chi connectivity index (χ2v) is 8.72. The zero-order valence-electron chi connectivity index (χ0n) is 16.7. The summed E-state index contributed by atoms with van der Waals surface area (Å²) >= 11 is 0. The summed E-state index contributed by atoms with van der Waals surface area (Å²) < 4.78 is 28.7. The molecule has 30 heavy (non-hydrogen) atoms. The summed E-state index contributed by atoms with van der Waals surface area (Å²) in [6.07, 6.45) is 3.03. The zero-order chi connectivity index (χ0) is 21.9. The number of nitro groups is 1. The summed E-state index contributed by atoms with van der Waals surface area (Å²) in [4.78, 5) is 14.7. The van der Waals surface area contributed by atoms with Gasteiger partial charge in [-0.2, -0.15) is 5.10 Å². The molecule has 3 aromatic rings. The van der Waals surface area contributed by atoms with Gasteiger partial charge in [0.25, 0.3) is 5.69 Å². The van der Waals surface area contributed by atoms with E-state index in [4.69, 9.17) is 0 Å². The normalized spacial score (nSPS) is 12.7. The second kappa shape index (κ2) is 8.59. The first-order valence-corrected chi connectivity index (χ1v) is 10.7. The minimum atomic E-state index is -3.83. The molecule has 0 amide bonds. The number of aromatic nitrogens is 3. The van der Waals surface area contributed by atoms with E-state index in [0.29, 0.717) is 0 Å². The Morgan fingerprint density at radius 3 is 2.37 bits per heavy atom. The summed E-state index contributed by atoms with van der Waals surface area (Å²) in [6.45, 7) is 5.22. The Hall–Kier alpha value is -3.31. The molecule has 3 rings (SSSR count). The van der Waals surface area contributed by atoms with Gasteiger partial charge < -0.3 is 5.32 Å². The topological polar surface area (TPSA) is 132 Å². The Morgan fingerprint density at radius 1 is 1.10 bits per heavy atom. The van der Waals surface area contributed by atoms with E-state index in [1.165, 1.54) is 18.5 Å². The minimum absolute atomic E-state index is 0.154. The van der Waals surface area contributed by atoms with Crippen molar-refractivity contribution < 1.29 is 13.3 Å². The number of anilines is 1. The van der Waals surface area contributed by atoms with Crippen molar-refractivity contribution in [1.82, 2.24) is 19.5 Å². The van der Waals surface area contributed by atoms with Crippen molar-refractivity contribution in [3.05, 3.63) is 70.8 Å². The smallest absolute Gasteiger partial charge is 0.293 e. The average Bonchev–Trinajstić information content (AvgIpc) is 3.22. The zero-order valence-corrected chi connectivity index (χ0v) is 17.5. The van der Waals surface area contributed by atoms with E-state index in [0.717, 1.165) is 17.3 Å². The van der Waals surface area contributed by atoms with E-state index in [-0.39, 0.29) is 28.4 Å². The molecule has 0 saturated carbocycles. The highest BCUT2D eigenvalue weighted by Crippen LogP contribution is 2.31. The van der Waals surface area contributed by atoms with Gasteiger partial charge in [0.1, 0.15) is 18.3 Å². The van der Waals surface area contributed by atoms with Crippen LogP contribution in [0.5, 0.6) is 0 Å². The van der Waals surface area contributed by atoms with Crippen molar-refractivity contribution >= 4 is 21.4 Å². The standard InChI is InChI=1S/C19H22N6O4S/c1-13(2)23-30(28,29)17-8-9-18(19(10-17)25(26)27)22-14(3)15-4-6-16(7-5-15)24-12-20-11-21-24/h4-14,22-23H,1-3H3. The van der Waals surface area contributed by atoms with Crippen LogP contribution in [0.4, 0.5) is 11.4 Å². The van der Waals surface area contributed by atoms with Crippen molar-refractivity contribution in [1.29, 1.82) is 0 Å². The molecule has 10 nitrogen and oxygen atoms in total. The molecule has 1 atom stereocenters. The number of nitro benzene ring substituents is 1. The van der Waals surface area contributed by atoms with E-state index in [1.54, 1.807) is 24.9 Å². The fourth-order valence-electron chi connectivity index (χ4n) is 2.90. The molecular weight excluding hydrogens is 408 g/mol. The lowest BCUT2D eigenvalue weighted by atomic mass is 10.1. The molecule has 2 N–H and O–H groups in total. The maximum absolute atomic E-state index is 12.3. The summed E-state index contributed by atoms with van der Waals surface area (Å²) in [5.74, 6) is 0. The van der Waals surface area contributed by atoms with Crippen LogP contribution >= 0.6 is 0 Å². The van der Waals surface area contributed by atoms with Crippen LogP contribution in [-0.2, 0) is 10.0 Å². The van der Waals surface area contributed by atoms with Crippen molar-refractivity contribution in [2.75, 3.05) is 5.32 Å². The van der Waals surface area contributed by atoms with Crippen LogP contribution < -0.4 is 10.0 Å². The van der Waals surface area contributed by atoms with E-state index >= 15 is 0 Å². The number of sulfonamides is 1. The average molecular weight is 430 g/mol. The molecule has 2 aromatic carbocycles. The van der Waals surface area contributed by atoms with Crippen LogP contribution in [0.2, 0.25) is 0 Å². The quantitative estimate of drug-likeness (QED) is 0.415. The summed E-state index contributed by atoms with van der Waals surface area (Å²) in [6, 6.07) is 10.7. The highest BCUT2D eigenvalue weighted by molar-refractivity contribution is 7.89. The van der Waals surface area contributed by atoms with E-state index < -0.39 is 14.9 Å². The van der Waals surface area contributed by atoms with Gasteiger partial charge >= 0.3 is 0 Å². The predicted octanol–water partition coefficient (Wildman–Crippen LogP) is 3.04. The fraction of sp³-hybridized carbons (Fsp3) is 0.263. The van der Waals surface area contributed by atoms with E-state index in [9.17, 15) is 18.5 Å². The largest absolute Gasteiger partial charge is 0.373 e. The number of nitrogens with one attached hydrogen (secondary N) is 2. The number of rotatable bonds is 8. The second-order valence-electron chi connectivity index (χ2n) is 7.01. The maximum atomic E-state index is 12.3. The maximum Gasteiger partial charge on any atom is 0.293 e. The lowest BCUT2D eigenvalue weighted by molar-refractivity contribution is -0.384. The van der Waals surface area contributed by atoms with Gasteiger partial charge in [0.2, 0.25) is 10.0 Å². The first-order chi connectivity index (χ1) is 14.2. The molecule has 1 aromatic heterocycles. The third kappa shape index (κ3) is 4.81. The molecule has 0 radical (unpaired) electrons. The number of hydrogen-bond donors (Lipinski definition) is 2. The van der Waals surface area contributed by atoms with E-state index in [1.807, 2.05) is 31.2 Å². The summed E-state index contributed by atoms with van der Waals surface area (Å²) in [5, 5.41) is 18.7. The van der Waals surface area contributed by atoms with Crippen LogP contribution in [0.15, 0.2) is 60.0 Å². The predicted molar refractivity (Wildman–Crippen MR) is 112 cm³/mol. The molecule has 0 aliphatic rings. The van der Waals surface area contributed by atoms with E-state index in [2.05, 4.69) is 20.1 Å². The third-order valence-corrected chi connectivity index (χ3v) is 5.97. The van der Waals surface area contributed by atoms with Crippen LogP contribution in [-0.4, -0.2) is 34.1 Å². The van der Waals surface area contributed by atoms with Gasteiger partial charge in [-0.25, -0.2) is 22.8 Å². The van der Waals surface area contributed by atoms with Crippen molar-refractivity contribution in [3.8, 4) is 5.69 Å². The Balaban J connectivity index is 1.84. The summed E-state index contributed by atoms with van der Waals surface area (Å²) in [7, 11) is -3.83. The van der Waals surface area contributed by atoms with Gasteiger partial charge in [0.15, 0.2) is 0 Å². The number of hydrogen-bond acceptors (Lipinski definition) is 7. The minimum Gasteiger partial charge on any atom is -0.373 e.